The SMILES string of the molecule is CC[C@H]1O[C@@H](n2cnc3c(=O)[nH]c(N=CN(C)C)nc32)[C@H](O)[C@H]1Br. The summed E-state index contributed by atoms with van der Waals surface area (Å²) in [6.07, 6.45) is 2.18. The lowest BCUT2D eigenvalue weighted by Crippen LogP contribution is -2.26. The first kappa shape index (κ1) is 17.1. The fraction of sp³-hybridized carbons (Fsp3) is 0.571. The molecule has 10 heteroatoms. The molecule has 0 saturated carbocycles. The molecular weight excluding hydrogens is 380 g/mol. The topological polar surface area (TPSA) is 109 Å². The van der Waals surface area contributed by atoms with Crippen LogP contribution in [0.1, 0.15) is 19.6 Å². The van der Waals surface area contributed by atoms with E-state index in [1.165, 1.54) is 12.7 Å². The fourth-order valence-electron chi connectivity index (χ4n) is 2.60. The van der Waals surface area contributed by atoms with Gasteiger partial charge in [0.15, 0.2) is 17.4 Å². The predicted octanol–water partition coefficient (Wildman–Crippen LogP) is 0.773. The second-order valence-electron chi connectivity index (χ2n) is 5.83. The van der Waals surface area contributed by atoms with Gasteiger partial charge in [-0.15, -0.1) is 0 Å². The number of nitrogens with one attached hydrogen (secondary N) is 1. The zero-order valence-electron chi connectivity index (χ0n) is 13.5. The average Bonchev–Trinajstić information content (AvgIpc) is 3.08. The lowest BCUT2D eigenvalue weighted by atomic mass is 10.1. The van der Waals surface area contributed by atoms with Crippen LogP contribution in [-0.4, -0.2) is 67.0 Å². The zero-order chi connectivity index (χ0) is 17.4. The number of aromatic nitrogens is 4. The third-order valence-electron chi connectivity index (χ3n) is 3.80. The van der Waals surface area contributed by atoms with Crippen LogP contribution in [0, 0.1) is 0 Å². The van der Waals surface area contributed by atoms with Gasteiger partial charge in [0.1, 0.15) is 6.10 Å². The fourth-order valence-corrected chi connectivity index (χ4v) is 3.35. The van der Waals surface area contributed by atoms with Gasteiger partial charge in [-0.2, -0.15) is 4.98 Å². The molecule has 3 heterocycles. The van der Waals surface area contributed by atoms with Gasteiger partial charge in [0, 0.05) is 14.1 Å². The molecule has 1 saturated heterocycles. The van der Waals surface area contributed by atoms with E-state index in [1.54, 1.807) is 9.47 Å². The Hall–Kier alpha value is -1.78. The molecule has 0 unspecified atom stereocenters. The molecule has 1 aliphatic rings. The minimum absolute atomic E-state index is 0.129. The number of H-pyrrole nitrogens is 1. The number of nitrogens with zero attached hydrogens (tertiary/aromatic N) is 5. The molecule has 2 N–H and O–H groups in total. The molecule has 0 bridgehead atoms. The van der Waals surface area contributed by atoms with E-state index in [1.807, 2.05) is 21.0 Å². The van der Waals surface area contributed by atoms with E-state index >= 15 is 0 Å². The Bertz CT molecular complexity index is 816. The Balaban J connectivity index is 2.05. The quantitative estimate of drug-likeness (QED) is 0.447. The average molecular weight is 399 g/mol. The molecule has 0 aliphatic carbocycles. The van der Waals surface area contributed by atoms with Crippen LogP contribution >= 0.6 is 15.9 Å². The molecule has 2 aromatic heterocycles. The number of hydrogen-bond acceptors (Lipinski definition) is 6. The first-order valence-corrected chi connectivity index (χ1v) is 8.49. The number of imidazole rings is 1. The van der Waals surface area contributed by atoms with Gasteiger partial charge in [-0.1, -0.05) is 22.9 Å². The van der Waals surface area contributed by atoms with E-state index < -0.39 is 12.3 Å². The summed E-state index contributed by atoms with van der Waals surface area (Å²) >= 11 is 3.46. The lowest BCUT2D eigenvalue weighted by Gasteiger charge is -2.16. The maximum absolute atomic E-state index is 12.2. The van der Waals surface area contributed by atoms with Gasteiger partial charge in [0.05, 0.1) is 23.6 Å². The van der Waals surface area contributed by atoms with Gasteiger partial charge in [-0.25, -0.2) is 9.98 Å². The first-order chi connectivity index (χ1) is 11.4. The summed E-state index contributed by atoms with van der Waals surface area (Å²) in [6, 6.07) is 0. The van der Waals surface area contributed by atoms with Crippen molar-refractivity contribution >= 4 is 39.4 Å². The van der Waals surface area contributed by atoms with Crippen LogP contribution in [-0.2, 0) is 4.74 Å². The van der Waals surface area contributed by atoms with Crippen molar-refractivity contribution in [3.63, 3.8) is 0 Å². The Morgan fingerprint density at radius 1 is 1.58 bits per heavy atom. The number of alkyl halides is 1. The van der Waals surface area contributed by atoms with Crippen molar-refractivity contribution in [1.82, 2.24) is 24.4 Å². The summed E-state index contributed by atoms with van der Waals surface area (Å²) < 4.78 is 7.47. The highest BCUT2D eigenvalue weighted by Crippen LogP contribution is 2.36. The highest BCUT2D eigenvalue weighted by Gasteiger charge is 2.42. The molecule has 1 aliphatic heterocycles. The molecule has 0 amide bonds. The van der Waals surface area contributed by atoms with E-state index in [0.29, 0.717) is 5.65 Å². The van der Waals surface area contributed by atoms with Gasteiger partial charge >= 0.3 is 0 Å². The summed E-state index contributed by atoms with van der Waals surface area (Å²) in [6.45, 7) is 1.98. The molecular formula is C14H19BrN6O3. The molecule has 3 rings (SSSR count). The Morgan fingerprint density at radius 3 is 2.96 bits per heavy atom. The number of halogens is 1. The van der Waals surface area contributed by atoms with E-state index in [0.717, 1.165) is 6.42 Å². The van der Waals surface area contributed by atoms with Crippen molar-refractivity contribution in [3.8, 4) is 0 Å². The molecule has 130 valence electrons. The standard InChI is InChI=1S/C14H19BrN6O3/c1-4-7-8(15)10(22)13(24-7)21-6-16-9-11(21)18-14(19-12(9)23)17-5-20(2)3/h5-8,10,13,22H,4H2,1-3H3,(H,18,19,23)/t7-,8+,10-,13-/m1/s1. The van der Waals surface area contributed by atoms with Crippen molar-refractivity contribution in [3.05, 3.63) is 16.7 Å². The minimum atomic E-state index is -0.776. The second kappa shape index (κ2) is 6.61. The smallest absolute Gasteiger partial charge is 0.280 e. The summed E-state index contributed by atoms with van der Waals surface area (Å²) in [5.41, 5.74) is 0.116. The third-order valence-corrected chi connectivity index (χ3v) is 4.93. The van der Waals surface area contributed by atoms with Gasteiger partial charge in [0.25, 0.3) is 5.56 Å². The maximum Gasteiger partial charge on any atom is 0.280 e. The van der Waals surface area contributed by atoms with Crippen molar-refractivity contribution in [1.29, 1.82) is 0 Å². The van der Waals surface area contributed by atoms with E-state index in [9.17, 15) is 9.90 Å². The lowest BCUT2D eigenvalue weighted by molar-refractivity contribution is -0.0355. The molecule has 1 fully saturated rings. The Kier molecular flexibility index (Phi) is 4.70. The third kappa shape index (κ3) is 2.96. The highest BCUT2D eigenvalue weighted by atomic mass is 79.9. The minimum Gasteiger partial charge on any atom is -0.387 e. The zero-order valence-corrected chi connectivity index (χ0v) is 15.1. The molecule has 0 radical (unpaired) electrons. The van der Waals surface area contributed by atoms with Crippen LogP contribution in [0.2, 0.25) is 0 Å². The van der Waals surface area contributed by atoms with Gasteiger partial charge < -0.3 is 14.7 Å². The molecule has 4 atom stereocenters. The number of aromatic amines is 1. The molecule has 24 heavy (non-hydrogen) atoms. The number of hydrogen-bond donors (Lipinski definition) is 2. The van der Waals surface area contributed by atoms with Crippen LogP contribution < -0.4 is 5.56 Å². The molecule has 2 aromatic rings. The largest absolute Gasteiger partial charge is 0.387 e. The first-order valence-electron chi connectivity index (χ1n) is 7.57. The number of rotatable bonds is 4. The van der Waals surface area contributed by atoms with Crippen LogP contribution in [0.15, 0.2) is 16.1 Å². The van der Waals surface area contributed by atoms with E-state index in [2.05, 4.69) is 35.9 Å². The Labute approximate surface area is 146 Å². The van der Waals surface area contributed by atoms with Crippen LogP contribution in [0.3, 0.4) is 0 Å². The number of ether oxygens (including phenoxy) is 1. The number of fused-ring (bicyclic) bond motifs is 1. The van der Waals surface area contributed by atoms with E-state index in [-0.39, 0.29) is 28.0 Å². The van der Waals surface area contributed by atoms with Gasteiger partial charge in [0.2, 0.25) is 5.95 Å². The highest BCUT2D eigenvalue weighted by molar-refractivity contribution is 9.09. The summed E-state index contributed by atoms with van der Waals surface area (Å²) in [7, 11) is 3.63. The maximum atomic E-state index is 12.2. The van der Waals surface area contributed by atoms with Crippen molar-refractivity contribution in [2.24, 2.45) is 4.99 Å². The normalized spacial score (nSPS) is 27.4. The summed E-state index contributed by atoms with van der Waals surface area (Å²) in [4.78, 5) is 28.8. The van der Waals surface area contributed by atoms with Crippen molar-refractivity contribution in [2.45, 2.75) is 36.6 Å². The Morgan fingerprint density at radius 2 is 2.33 bits per heavy atom. The van der Waals surface area contributed by atoms with E-state index in [4.69, 9.17) is 4.74 Å². The van der Waals surface area contributed by atoms with Crippen LogP contribution in [0.4, 0.5) is 5.95 Å². The predicted molar refractivity (Wildman–Crippen MR) is 92.9 cm³/mol. The van der Waals surface area contributed by atoms with Crippen molar-refractivity contribution in [2.75, 3.05) is 14.1 Å². The van der Waals surface area contributed by atoms with Crippen molar-refractivity contribution < 1.29 is 9.84 Å². The van der Waals surface area contributed by atoms with Gasteiger partial charge in [-0.3, -0.25) is 14.3 Å². The van der Waals surface area contributed by atoms with Crippen LogP contribution in [0.5, 0.6) is 0 Å². The monoisotopic (exact) mass is 398 g/mol. The number of aliphatic hydroxyl groups excluding tert-OH is 1. The second-order valence-corrected chi connectivity index (χ2v) is 6.89. The number of aliphatic hydroxyl groups is 1. The molecule has 0 aromatic carbocycles. The van der Waals surface area contributed by atoms with Crippen LogP contribution in [0.25, 0.3) is 11.2 Å². The molecule has 9 nitrogen and oxygen atoms in total. The summed E-state index contributed by atoms with van der Waals surface area (Å²) in [5, 5.41) is 10.4. The van der Waals surface area contributed by atoms with Gasteiger partial charge in [-0.05, 0) is 6.42 Å². The molecule has 0 spiro atoms. The number of aliphatic imine (C=N–C) groups is 1. The summed E-state index contributed by atoms with van der Waals surface area (Å²) in [5.74, 6) is 0.165.